The molecule has 1 fully saturated rings. The third kappa shape index (κ3) is 3.37. The lowest BCUT2D eigenvalue weighted by Crippen LogP contribution is -2.48. The van der Waals surface area contributed by atoms with Crippen LogP contribution in [0.2, 0.25) is 0 Å². The zero-order valence-electron chi connectivity index (χ0n) is 13.5. The van der Waals surface area contributed by atoms with Crippen LogP contribution in [-0.2, 0) is 16.6 Å². The van der Waals surface area contributed by atoms with Crippen molar-refractivity contribution in [2.45, 2.75) is 32.7 Å². The van der Waals surface area contributed by atoms with Crippen molar-refractivity contribution in [2.75, 3.05) is 13.1 Å². The second kappa shape index (κ2) is 6.77. The molecule has 2 unspecified atom stereocenters. The minimum atomic E-state index is -0.249. The summed E-state index contributed by atoms with van der Waals surface area (Å²) >= 11 is 0. The fraction of sp³-hybridized carbons (Fsp3) is 0.562. The molecular formula is C16H24N4O2. The van der Waals surface area contributed by atoms with E-state index < -0.39 is 0 Å². The van der Waals surface area contributed by atoms with Gasteiger partial charge >= 0.3 is 0 Å². The van der Waals surface area contributed by atoms with Gasteiger partial charge in [0.1, 0.15) is 0 Å². The number of piperidine rings is 1. The number of aromatic nitrogens is 2. The monoisotopic (exact) mass is 304 g/mol. The van der Waals surface area contributed by atoms with E-state index in [-0.39, 0.29) is 23.8 Å². The molecule has 6 nitrogen and oxygen atoms in total. The molecule has 1 saturated heterocycles. The van der Waals surface area contributed by atoms with Crippen LogP contribution in [0.15, 0.2) is 24.5 Å². The first-order chi connectivity index (χ1) is 10.4. The van der Waals surface area contributed by atoms with E-state index >= 15 is 0 Å². The van der Waals surface area contributed by atoms with E-state index in [1.54, 1.807) is 15.8 Å². The van der Waals surface area contributed by atoms with Crippen molar-refractivity contribution in [1.82, 2.24) is 20.0 Å². The number of amides is 2. The number of hydrogen-bond acceptors (Lipinski definition) is 3. The number of rotatable bonds is 5. The summed E-state index contributed by atoms with van der Waals surface area (Å²) < 4.78 is 1.70. The molecule has 0 aromatic carbocycles. The molecule has 2 heterocycles. The maximum Gasteiger partial charge on any atom is 0.225 e. The van der Waals surface area contributed by atoms with E-state index in [2.05, 4.69) is 17.0 Å². The lowest BCUT2D eigenvalue weighted by molar-refractivity contribution is -0.143. The Bertz CT molecular complexity index is 578. The minimum Gasteiger partial charge on any atom is -0.352 e. The molecule has 22 heavy (non-hydrogen) atoms. The smallest absolute Gasteiger partial charge is 0.225 e. The molecule has 0 saturated carbocycles. The second-order valence-electron chi connectivity index (χ2n) is 5.89. The molecule has 1 aliphatic heterocycles. The molecule has 120 valence electrons. The molecule has 0 bridgehead atoms. The molecule has 2 rings (SSSR count). The van der Waals surface area contributed by atoms with Crippen LogP contribution in [0.1, 0.15) is 38.3 Å². The van der Waals surface area contributed by atoms with Gasteiger partial charge < -0.3 is 10.2 Å². The van der Waals surface area contributed by atoms with Crippen molar-refractivity contribution in [3.63, 3.8) is 0 Å². The van der Waals surface area contributed by atoms with Gasteiger partial charge in [-0.25, -0.2) is 0 Å². The number of likely N-dealkylation sites (tertiary alicyclic amines) is 1. The van der Waals surface area contributed by atoms with Gasteiger partial charge in [0.2, 0.25) is 11.8 Å². The molecule has 6 heteroatoms. The number of nitrogens with zero attached hydrogens (tertiary/aromatic N) is 3. The Hall–Kier alpha value is -2.11. The van der Waals surface area contributed by atoms with Crippen LogP contribution in [0.25, 0.3) is 0 Å². The van der Waals surface area contributed by atoms with Gasteiger partial charge in [-0.1, -0.05) is 12.2 Å². The summed E-state index contributed by atoms with van der Waals surface area (Å²) in [6.45, 7) is 8.67. The highest BCUT2D eigenvalue weighted by Crippen LogP contribution is 2.36. The van der Waals surface area contributed by atoms with Gasteiger partial charge in [0.05, 0.1) is 18.2 Å². The Morgan fingerprint density at radius 2 is 2.27 bits per heavy atom. The van der Waals surface area contributed by atoms with E-state index in [0.29, 0.717) is 25.9 Å². The maximum atomic E-state index is 12.5. The molecule has 0 aliphatic carbocycles. The molecule has 2 amide bonds. The van der Waals surface area contributed by atoms with Crippen molar-refractivity contribution in [2.24, 2.45) is 13.0 Å². The summed E-state index contributed by atoms with van der Waals surface area (Å²) in [5, 5.41) is 7.10. The number of carbonyl (C=O) groups is 2. The van der Waals surface area contributed by atoms with Gasteiger partial charge in [0, 0.05) is 38.3 Å². The van der Waals surface area contributed by atoms with E-state index in [1.165, 1.54) is 0 Å². The quantitative estimate of drug-likeness (QED) is 0.836. The van der Waals surface area contributed by atoms with Crippen molar-refractivity contribution < 1.29 is 9.59 Å². The summed E-state index contributed by atoms with van der Waals surface area (Å²) in [6, 6.07) is -0.245. The van der Waals surface area contributed by atoms with Crippen LogP contribution in [0.5, 0.6) is 0 Å². The van der Waals surface area contributed by atoms with E-state index in [0.717, 1.165) is 11.1 Å². The fourth-order valence-corrected chi connectivity index (χ4v) is 2.97. The first-order valence-corrected chi connectivity index (χ1v) is 7.64. The minimum absolute atomic E-state index is 0.0252. The number of hydrogen-bond donors (Lipinski definition) is 1. The van der Waals surface area contributed by atoms with Gasteiger partial charge in [-0.05, 0) is 20.3 Å². The topological polar surface area (TPSA) is 67.2 Å². The highest BCUT2D eigenvalue weighted by molar-refractivity contribution is 5.85. The predicted molar refractivity (Wildman–Crippen MR) is 83.9 cm³/mol. The van der Waals surface area contributed by atoms with Gasteiger partial charge in [-0.15, -0.1) is 0 Å². The number of nitrogens with one attached hydrogen (secondary N) is 1. The van der Waals surface area contributed by atoms with Crippen molar-refractivity contribution in [3.8, 4) is 0 Å². The third-order valence-electron chi connectivity index (χ3n) is 4.01. The highest BCUT2D eigenvalue weighted by Gasteiger charge is 2.40. The SMILES string of the molecule is C=C(C)CNC(=O)C1CCC(=O)N(CC)C1c1cnn(C)c1. The molecule has 0 spiro atoms. The summed E-state index contributed by atoms with van der Waals surface area (Å²) in [4.78, 5) is 26.5. The zero-order valence-corrected chi connectivity index (χ0v) is 13.5. The van der Waals surface area contributed by atoms with Crippen LogP contribution in [0.4, 0.5) is 0 Å². The third-order valence-corrected chi connectivity index (χ3v) is 4.01. The van der Waals surface area contributed by atoms with E-state index in [9.17, 15) is 9.59 Å². The Morgan fingerprint density at radius 1 is 1.55 bits per heavy atom. The normalized spacial score (nSPS) is 21.8. The summed E-state index contributed by atoms with van der Waals surface area (Å²) in [5.41, 5.74) is 1.82. The van der Waals surface area contributed by atoms with E-state index in [4.69, 9.17) is 0 Å². The Balaban J connectivity index is 2.27. The van der Waals surface area contributed by atoms with Crippen LogP contribution < -0.4 is 5.32 Å². The van der Waals surface area contributed by atoms with Crippen molar-refractivity contribution >= 4 is 11.8 Å². The van der Waals surface area contributed by atoms with Gasteiger partial charge in [-0.3, -0.25) is 14.3 Å². The van der Waals surface area contributed by atoms with Crippen LogP contribution in [0, 0.1) is 5.92 Å². The van der Waals surface area contributed by atoms with Crippen LogP contribution in [-0.4, -0.2) is 39.6 Å². The van der Waals surface area contributed by atoms with E-state index in [1.807, 2.05) is 27.1 Å². The summed E-state index contributed by atoms with van der Waals surface area (Å²) in [5.74, 6) is -0.177. The fourth-order valence-electron chi connectivity index (χ4n) is 2.97. The molecule has 1 N–H and O–H groups in total. The molecule has 1 aromatic rings. The first kappa shape index (κ1) is 16.3. The van der Waals surface area contributed by atoms with Crippen LogP contribution in [0.3, 0.4) is 0 Å². The summed E-state index contributed by atoms with van der Waals surface area (Å²) in [7, 11) is 1.83. The highest BCUT2D eigenvalue weighted by atomic mass is 16.2. The summed E-state index contributed by atoms with van der Waals surface area (Å²) in [6.07, 6.45) is 4.60. The van der Waals surface area contributed by atoms with Crippen molar-refractivity contribution in [1.29, 1.82) is 0 Å². The Morgan fingerprint density at radius 3 is 2.82 bits per heavy atom. The Kier molecular flexibility index (Phi) is 5.00. The standard InChI is InChI=1S/C16H24N4O2/c1-5-20-14(21)7-6-13(16(22)17-8-11(2)3)15(20)12-9-18-19(4)10-12/h9-10,13,15H,2,5-8H2,1,3-4H3,(H,17,22). The molecule has 1 aliphatic rings. The molecule has 1 aromatic heterocycles. The van der Waals surface area contributed by atoms with Crippen LogP contribution >= 0.6 is 0 Å². The number of aryl methyl sites for hydroxylation is 1. The lowest BCUT2D eigenvalue weighted by atomic mass is 9.84. The average molecular weight is 304 g/mol. The lowest BCUT2D eigenvalue weighted by Gasteiger charge is -2.39. The van der Waals surface area contributed by atoms with Gasteiger partial charge in [0.15, 0.2) is 0 Å². The second-order valence-corrected chi connectivity index (χ2v) is 5.89. The van der Waals surface area contributed by atoms with Gasteiger partial charge in [-0.2, -0.15) is 5.10 Å². The zero-order chi connectivity index (χ0) is 16.3. The average Bonchev–Trinajstić information content (AvgIpc) is 2.90. The Labute approximate surface area is 131 Å². The largest absolute Gasteiger partial charge is 0.352 e. The maximum absolute atomic E-state index is 12.5. The number of carbonyl (C=O) groups excluding carboxylic acids is 2. The molecule has 2 atom stereocenters. The van der Waals surface area contributed by atoms with Gasteiger partial charge in [0.25, 0.3) is 0 Å². The molecular weight excluding hydrogens is 280 g/mol. The predicted octanol–water partition coefficient (Wildman–Crippen LogP) is 1.41. The molecule has 0 radical (unpaired) electrons. The van der Waals surface area contributed by atoms with Crippen molar-refractivity contribution in [3.05, 3.63) is 30.1 Å². The first-order valence-electron chi connectivity index (χ1n) is 7.64.